The van der Waals surface area contributed by atoms with Crippen LogP contribution in [0.15, 0.2) is 48.5 Å². The number of Topliss-reactive ketones (excluding diaryl/α,β-unsaturated/α-hetero) is 1. The Labute approximate surface area is 140 Å². The van der Waals surface area contributed by atoms with E-state index in [0.717, 1.165) is 24.0 Å². The third kappa shape index (κ3) is 2.58. The zero-order valence-electron chi connectivity index (χ0n) is 13.2. The number of hydrogen-bond acceptors (Lipinski definition) is 4. The third-order valence-electron chi connectivity index (χ3n) is 4.67. The molecular weight excluding hydrogens is 304 g/mol. The maximum Gasteiger partial charge on any atom is 0.318 e. The number of fused-ring (bicyclic) bond motifs is 2. The van der Waals surface area contributed by atoms with E-state index in [9.17, 15) is 9.59 Å². The lowest BCUT2D eigenvalue weighted by Crippen LogP contribution is -2.33. The number of carbonyl (C=O) groups is 2. The fourth-order valence-corrected chi connectivity index (χ4v) is 3.45. The summed E-state index contributed by atoms with van der Waals surface area (Å²) in [5, 5.41) is 0. The lowest BCUT2D eigenvalue weighted by atomic mass is 9.88. The van der Waals surface area contributed by atoms with Crippen LogP contribution in [0.3, 0.4) is 0 Å². The molecule has 0 N–H and O–H groups in total. The molecule has 1 aliphatic heterocycles. The van der Waals surface area contributed by atoms with Crippen LogP contribution in [0.2, 0.25) is 0 Å². The van der Waals surface area contributed by atoms with Crippen LogP contribution in [-0.2, 0) is 14.3 Å². The molecule has 1 saturated carbocycles. The van der Waals surface area contributed by atoms with Gasteiger partial charge in [0.25, 0.3) is 0 Å². The Morgan fingerprint density at radius 1 is 0.958 bits per heavy atom. The smallest absolute Gasteiger partial charge is 0.318 e. The zero-order valence-corrected chi connectivity index (χ0v) is 13.2. The minimum Gasteiger partial charge on any atom is -0.457 e. The second kappa shape index (κ2) is 6.11. The van der Waals surface area contributed by atoms with Gasteiger partial charge in [0, 0.05) is 17.5 Å². The molecule has 24 heavy (non-hydrogen) atoms. The molecule has 1 atom stereocenters. The standard InChI is InChI=1S/C20H18O4/c21-15-9-3-6-12-18(15)24-20(22)19-13-7-1-4-10-16(13)23-17-11-5-2-8-14(17)19/h1-2,4-5,7-8,10-11,18-19H,3,6,9,12H2/t18-/m1/s1. The highest BCUT2D eigenvalue weighted by Gasteiger charge is 2.36. The van der Waals surface area contributed by atoms with Crippen molar-refractivity contribution >= 4 is 11.8 Å². The molecule has 1 heterocycles. The van der Waals surface area contributed by atoms with Gasteiger partial charge in [0.2, 0.25) is 0 Å². The van der Waals surface area contributed by atoms with Gasteiger partial charge < -0.3 is 9.47 Å². The van der Waals surface area contributed by atoms with Crippen molar-refractivity contribution in [3.63, 3.8) is 0 Å². The Morgan fingerprint density at radius 3 is 2.21 bits per heavy atom. The van der Waals surface area contributed by atoms with Crippen LogP contribution in [0.4, 0.5) is 0 Å². The number of para-hydroxylation sites is 2. The first-order valence-electron chi connectivity index (χ1n) is 8.33. The molecule has 0 bridgehead atoms. The predicted octanol–water partition coefficient (Wildman–Crippen LogP) is 3.98. The summed E-state index contributed by atoms with van der Waals surface area (Å²) in [7, 11) is 0. The fourth-order valence-electron chi connectivity index (χ4n) is 3.45. The van der Waals surface area contributed by atoms with Gasteiger partial charge in [-0.15, -0.1) is 0 Å². The number of hydrogen-bond donors (Lipinski definition) is 0. The summed E-state index contributed by atoms with van der Waals surface area (Å²) in [6.07, 6.45) is 2.32. The summed E-state index contributed by atoms with van der Waals surface area (Å²) in [6, 6.07) is 14.9. The highest BCUT2D eigenvalue weighted by molar-refractivity contribution is 5.90. The molecule has 0 saturated heterocycles. The van der Waals surface area contributed by atoms with E-state index in [-0.39, 0.29) is 11.8 Å². The van der Waals surface area contributed by atoms with Crippen molar-refractivity contribution < 1.29 is 19.1 Å². The van der Waals surface area contributed by atoms with E-state index >= 15 is 0 Å². The number of ether oxygens (including phenoxy) is 2. The van der Waals surface area contributed by atoms with E-state index in [0.29, 0.717) is 24.3 Å². The largest absolute Gasteiger partial charge is 0.457 e. The minimum atomic E-state index is -0.603. The molecule has 0 unspecified atom stereocenters. The number of esters is 1. The molecule has 2 aliphatic rings. The average Bonchev–Trinajstić information content (AvgIpc) is 2.61. The van der Waals surface area contributed by atoms with Crippen LogP contribution in [0, 0.1) is 0 Å². The maximum atomic E-state index is 12.9. The van der Waals surface area contributed by atoms with E-state index < -0.39 is 12.0 Å². The van der Waals surface area contributed by atoms with Gasteiger partial charge in [0.15, 0.2) is 11.9 Å². The van der Waals surface area contributed by atoms with E-state index in [1.54, 1.807) is 0 Å². The lowest BCUT2D eigenvalue weighted by molar-refractivity contribution is -0.157. The number of ketones is 1. The number of benzene rings is 2. The Balaban J connectivity index is 1.69. The summed E-state index contributed by atoms with van der Waals surface area (Å²) in [5.41, 5.74) is 1.56. The maximum absolute atomic E-state index is 12.9. The van der Waals surface area contributed by atoms with Crippen molar-refractivity contribution in [1.29, 1.82) is 0 Å². The molecule has 4 nitrogen and oxygen atoms in total. The van der Waals surface area contributed by atoms with Gasteiger partial charge in [-0.3, -0.25) is 9.59 Å². The van der Waals surface area contributed by atoms with Crippen molar-refractivity contribution in [2.24, 2.45) is 0 Å². The van der Waals surface area contributed by atoms with Crippen LogP contribution in [0.25, 0.3) is 0 Å². The van der Waals surface area contributed by atoms with E-state index in [4.69, 9.17) is 9.47 Å². The van der Waals surface area contributed by atoms with Gasteiger partial charge in [-0.2, -0.15) is 0 Å². The monoisotopic (exact) mass is 322 g/mol. The highest BCUT2D eigenvalue weighted by Crippen LogP contribution is 2.44. The van der Waals surface area contributed by atoms with Crippen molar-refractivity contribution in [3.8, 4) is 11.5 Å². The van der Waals surface area contributed by atoms with Crippen molar-refractivity contribution in [2.45, 2.75) is 37.7 Å². The van der Waals surface area contributed by atoms with Crippen LogP contribution in [-0.4, -0.2) is 17.9 Å². The summed E-state index contributed by atoms with van der Waals surface area (Å²) in [5.74, 6) is 0.420. The fraction of sp³-hybridized carbons (Fsp3) is 0.300. The van der Waals surface area contributed by atoms with Crippen molar-refractivity contribution in [2.75, 3.05) is 0 Å². The molecule has 2 aromatic carbocycles. The highest BCUT2D eigenvalue weighted by atomic mass is 16.5. The van der Waals surface area contributed by atoms with E-state index in [1.807, 2.05) is 48.5 Å². The predicted molar refractivity (Wildman–Crippen MR) is 88.2 cm³/mol. The molecule has 0 amide bonds. The SMILES string of the molecule is O=C(O[C@@H]1CCCCC1=O)C1c2ccccc2Oc2ccccc21. The third-order valence-corrected chi connectivity index (χ3v) is 4.67. The van der Waals surface area contributed by atoms with Gasteiger partial charge in [0.05, 0.1) is 0 Å². The van der Waals surface area contributed by atoms with Gasteiger partial charge >= 0.3 is 5.97 Å². The minimum absolute atomic E-state index is 0.0308. The first-order valence-corrected chi connectivity index (χ1v) is 8.33. The van der Waals surface area contributed by atoms with Crippen LogP contribution in [0.1, 0.15) is 42.7 Å². The zero-order chi connectivity index (χ0) is 16.5. The number of rotatable bonds is 2. The molecule has 122 valence electrons. The summed E-state index contributed by atoms with van der Waals surface area (Å²) >= 11 is 0. The number of carbonyl (C=O) groups excluding carboxylic acids is 2. The Kier molecular flexibility index (Phi) is 3.81. The van der Waals surface area contributed by atoms with E-state index in [1.165, 1.54) is 0 Å². The molecule has 4 heteroatoms. The Hall–Kier alpha value is -2.62. The quantitative estimate of drug-likeness (QED) is 0.785. The Morgan fingerprint density at radius 2 is 1.58 bits per heavy atom. The lowest BCUT2D eigenvalue weighted by Gasteiger charge is -2.29. The molecular formula is C20H18O4. The van der Waals surface area contributed by atoms with Crippen LogP contribution >= 0.6 is 0 Å². The second-order valence-corrected chi connectivity index (χ2v) is 6.25. The molecule has 4 rings (SSSR count). The van der Waals surface area contributed by atoms with Crippen LogP contribution in [0.5, 0.6) is 11.5 Å². The van der Waals surface area contributed by atoms with Gasteiger partial charge in [-0.1, -0.05) is 36.4 Å². The first kappa shape index (κ1) is 14.9. The summed E-state index contributed by atoms with van der Waals surface area (Å²) < 4.78 is 11.5. The Bertz CT molecular complexity index is 750. The molecule has 0 radical (unpaired) electrons. The van der Waals surface area contributed by atoms with Crippen LogP contribution < -0.4 is 4.74 Å². The van der Waals surface area contributed by atoms with Crippen molar-refractivity contribution in [3.05, 3.63) is 59.7 Å². The summed E-state index contributed by atoms with van der Waals surface area (Å²) in [4.78, 5) is 24.9. The van der Waals surface area contributed by atoms with Gasteiger partial charge in [0.1, 0.15) is 17.4 Å². The molecule has 0 aromatic heterocycles. The van der Waals surface area contributed by atoms with Gasteiger partial charge in [-0.05, 0) is 31.4 Å². The molecule has 0 spiro atoms. The normalized spacial score (nSPS) is 19.8. The van der Waals surface area contributed by atoms with Crippen molar-refractivity contribution in [1.82, 2.24) is 0 Å². The van der Waals surface area contributed by atoms with Gasteiger partial charge in [-0.25, -0.2) is 0 Å². The average molecular weight is 322 g/mol. The molecule has 1 fully saturated rings. The second-order valence-electron chi connectivity index (χ2n) is 6.25. The molecule has 2 aromatic rings. The van der Waals surface area contributed by atoms with E-state index in [2.05, 4.69) is 0 Å². The molecule has 1 aliphatic carbocycles. The summed E-state index contributed by atoms with van der Waals surface area (Å²) in [6.45, 7) is 0. The topological polar surface area (TPSA) is 52.6 Å². The first-order chi connectivity index (χ1) is 11.7.